The maximum Gasteiger partial charge on any atom is 0.394 e. The van der Waals surface area contributed by atoms with Crippen molar-refractivity contribution in [3.8, 4) is 17.6 Å². The zero-order valence-corrected chi connectivity index (χ0v) is 17.7. The van der Waals surface area contributed by atoms with E-state index in [-0.39, 0.29) is 37.3 Å². The van der Waals surface area contributed by atoms with Crippen molar-refractivity contribution in [3.05, 3.63) is 47.8 Å². The summed E-state index contributed by atoms with van der Waals surface area (Å²) in [7, 11) is 0. The average Bonchev–Trinajstić information content (AvgIpc) is 3.50. The SMILES string of the molecule is O=C(N1C[C@@H]2C[C@H]1c1cncc(C#Cc3ncccn3)c1O2)C12CCC(C(F)(F)F)(CC1)C2. The summed E-state index contributed by atoms with van der Waals surface area (Å²) in [5, 5.41) is 0. The Morgan fingerprint density at radius 1 is 1.12 bits per heavy atom. The van der Waals surface area contributed by atoms with Crippen LogP contribution < -0.4 is 4.74 Å². The van der Waals surface area contributed by atoms with Gasteiger partial charge in [-0.15, -0.1) is 0 Å². The van der Waals surface area contributed by atoms with Crippen molar-refractivity contribution < 1.29 is 22.7 Å². The number of fused-ring (bicyclic) bond motifs is 6. The number of ether oxygens (including phenoxy) is 1. The molecular weight excluding hydrogens is 433 g/mol. The Balaban J connectivity index is 1.30. The Hall–Kier alpha value is -3.15. The largest absolute Gasteiger partial charge is 0.487 e. The summed E-state index contributed by atoms with van der Waals surface area (Å²) in [6.07, 6.45) is 3.22. The van der Waals surface area contributed by atoms with Gasteiger partial charge in [-0.3, -0.25) is 9.78 Å². The molecule has 0 aromatic carbocycles. The van der Waals surface area contributed by atoms with E-state index < -0.39 is 17.0 Å². The van der Waals surface area contributed by atoms with Gasteiger partial charge in [-0.25, -0.2) is 9.97 Å². The lowest BCUT2D eigenvalue weighted by molar-refractivity contribution is -0.220. The molecule has 4 bridgehead atoms. The van der Waals surface area contributed by atoms with Gasteiger partial charge in [-0.2, -0.15) is 13.2 Å². The molecule has 170 valence electrons. The summed E-state index contributed by atoms with van der Waals surface area (Å²) in [5.74, 6) is 6.71. The zero-order valence-electron chi connectivity index (χ0n) is 17.7. The van der Waals surface area contributed by atoms with Gasteiger partial charge in [0.1, 0.15) is 11.9 Å². The highest BCUT2D eigenvalue weighted by molar-refractivity contribution is 5.85. The van der Waals surface area contributed by atoms with Crippen molar-refractivity contribution >= 4 is 5.91 Å². The maximum absolute atomic E-state index is 13.7. The molecular formula is C24H21F3N4O2. The molecule has 2 aromatic rings. The van der Waals surface area contributed by atoms with Gasteiger partial charge < -0.3 is 9.64 Å². The van der Waals surface area contributed by atoms with Crippen LogP contribution in [0, 0.1) is 22.7 Å². The van der Waals surface area contributed by atoms with Gasteiger partial charge in [0.25, 0.3) is 0 Å². The maximum atomic E-state index is 13.7. The van der Waals surface area contributed by atoms with E-state index in [1.54, 1.807) is 35.8 Å². The Morgan fingerprint density at radius 3 is 2.58 bits per heavy atom. The van der Waals surface area contributed by atoms with Crippen LogP contribution in [0.5, 0.6) is 5.75 Å². The van der Waals surface area contributed by atoms with Crippen LogP contribution in [0.3, 0.4) is 0 Å². The predicted octanol–water partition coefficient (Wildman–Crippen LogP) is 3.82. The molecule has 0 unspecified atom stereocenters. The summed E-state index contributed by atoms with van der Waals surface area (Å²) in [5.41, 5.74) is -1.27. The highest BCUT2D eigenvalue weighted by Gasteiger charge is 2.69. The van der Waals surface area contributed by atoms with Gasteiger partial charge in [-0.1, -0.05) is 5.92 Å². The molecule has 2 saturated carbocycles. The molecule has 2 aliphatic carbocycles. The van der Waals surface area contributed by atoms with Crippen LogP contribution in [0.1, 0.15) is 61.5 Å². The van der Waals surface area contributed by atoms with Gasteiger partial charge in [-0.05, 0) is 44.1 Å². The zero-order chi connectivity index (χ0) is 22.8. The number of aromatic nitrogens is 3. The molecule has 4 heterocycles. The van der Waals surface area contributed by atoms with Gasteiger partial charge in [0.15, 0.2) is 0 Å². The van der Waals surface area contributed by atoms with E-state index in [1.807, 2.05) is 0 Å². The lowest BCUT2D eigenvalue weighted by Crippen LogP contribution is -2.41. The van der Waals surface area contributed by atoms with E-state index in [4.69, 9.17) is 4.74 Å². The molecule has 1 saturated heterocycles. The third-order valence-electron chi connectivity index (χ3n) is 7.86. The summed E-state index contributed by atoms with van der Waals surface area (Å²) in [6.45, 7) is 0.369. The van der Waals surface area contributed by atoms with Crippen LogP contribution in [0.25, 0.3) is 0 Å². The standard InChI is InChI=1S/C24H21F3N4O2/c25-24(26,27)23-6-4-22(14-23,5-7-23)21(32)31-13-16-10-18(31)17-12-28-11-15(20(17)33-16)2-3-19-29-8-1-9-30-19/h1,8-9,11-12,16,18H,4-7,10,13-14H2/t16-,18-,22?,23?/m0/s1. The summed E-state index contributed by atoms with van der Waals surface area (Å²) < 4.78 is 47.4. The highest BCUT2D eigenvalue weighted by atomic mass is 19.4. The minimum atomic E-state index is -4.26. The average molecular weight is 454 g/mol. The minimum Gasteiger partial charge on any atom is -0.487 e. The Bertz CT molecular complexity index is 1180. The van der Waals surface area contributed by atoms with Gasteiger partial charge >= 0.3 is 6.18 Å². The molecule has 0 radical (unpaired) electrons. The molecule has 4 aliphatic rings. The summed E-state index contributed by atoms with van der Waals surface area (Å²) in [4.78, 5) is 27.9. The van der Waals surface area contributed by atoms with Gasteiger partial charge in [0.2, 0.25) is 11.7 Å². The number of alkyl halides is 3. The Labute approximate surface area is 188 Å². The Morgan fingerprint density at radius 2 is 1.88 bits per heavy atom. The first-order valence-corrected chi connectivity index (χ1v) is 11.1. The van der Waals surface area contributed by atoms with Gasteiger partial charge in [0, 0.05) is 36.8 Å². The third-order valence-corrected chi connectivity index (χ3v) is 7.86. The van der Waals surface area contributed by atoms with Crippen molar-refractivity contribution in [1.82, 2.24) is 19.9 Å². The molecule has 0 spiro atoms. The van der Waals surface area contributed by atoms with E-state index in [9.17, 15) is 18.0 Å². The first-order valence-electron chi connectivity index (χ1n) is 11.1. The fourth-order valence-electron chi connectivity index (χ4n) is 6.16. The van der Waals surface area contributed by atoms with Crippen molar-refractivity contribution in [2.75, 3.05) is 6.54 Å². The van der Waals surface area contributed by atoms with Gasteiger partial charge in [0.05, 0.1) is 29.0 Å². The molecule has 1 amide bonds. The van der Waals surface area contributed by atoms with Crippen molar-refractivity contribution in [2.45, 2.75) is 56.8 Å². The Kier molecular flexibility index (Phi) is 4.29. The smallest absolute Gasteiger partial charge is 0.394 e. The number of rotatable bonds is 1. The van der Waals surface area contributed by atoms with Crippen LogP contribution in [-0.2, 0) is 4.79 Å². The van der Waals surface area contributed by atoms with Crippen LogP contribution in [-0.4, -0.2) is 44.6 Å². The van der Waals surface area contributed by atoms with Crippen molar-refractivity contribution in [2.24, 2.45) is 10.8 Å². The lowest BCUT2D eigenvalue weighted by atomic mass is 9.81. The minimum absolute atomic E-state index is 0.0418. The molecule has 33 heavy (non-hydrogen) atoms. The quantitative estimate of drug-likeness (QED) is 0.613. The molecule has 0 N–H and O–H groups in total. The second-order valence-electron chi connectivity index (χ2n) is 9.61. The highest BCUT2D eigenvalue weighted by Crippen LogP contribution is 2.68. The number of hydrogen-bond donors (Lipinski definition) is 0. The van der Waals surface area contributed by atoms with Crippen LogP contribution in [0.15, 0.2) is 30.9 Å². The van der Waals surface area contributed by atoms with E-state index in [0.717, 1.165) is 5.56 Å². The molecule has 9 heteroatoms. The van der Waals surface area contributed by atoms with E-state index in [2.05, 4.69) is 26.8 Å². The number of carbonyl (C=O) groups is 1. The third kappa shape index (κ3) is 3.03. The monoisotopic (exact) mass is 454 g/mol. The normalized spacial score (nSPS) is 31.5. The van der Waals surface area contributed by atoms with Crippen molar-refractivity contribution in [3.63, 3.8) is 0 Å². The molecule has 6 nitrogen and oxygen atoms in total. The fraction of sp³-hybridized carbons (Fsp3) is 0.500. The van der Waals surface area contributed by atoms with E-state index in [1.165, 1.54) is 0 Å². The number of likely N-dealkylation sites (tertiary alicyclic amines) is 1. The van der Waals surface area contributed by atoms with Crippen LogP contribution in [0.4, 0.5) is 13.2 Å². The number of pyridine rings is 1. The first kappa shape index (κ1) is 20.5. The summed E-state index contributed by atoms with van der Waals surface area (Å²) >= 11 is 0. The number of carbonyl (C=O) groups excluding carboxylic acids is 1. The molecule has 6 rings (SSSR count). The predicted molar refractivity (Wildman–Crippen MR) is 110 cm³/mol. The number of hydrogen-bond acceptors (Lipinski definition) is 5. The topological polar surface area (TPSA) is 68.2 Å². The second kappa shape index (κ2) is 6.92. The van der Waals surface area contributed by atoms with Crippen LogP contribution in [0.2, 0.25) is 0 Å². The molecule has 2 aliphatic heterocycles. The number of nitrogens with zero attached hydrogens (tertiary/aromatic N) is 4. The first-order chi connectivity index (χ1) is 15.8. The van der Waals surface area contributed by atoms with Crippen molar-refractivity contribution in [1.29, 1.82) is 0 Å². The number of halogens is 3. The van der Waals surface area contributed by atoms with Crippen LogP contribution >= 0.6 is 0 Å². The fourth-order valence-corrected chi connectivity index (χ4v) is 6.16. The molecule has 2 aromatic heterocycles. The molecule has 3 fully saturated rings. The van der Waals surface area contributed by atoms with E-state index >= 15 is 0 Å². The summed E-state index contributed by atoms with van der Waals surface area (Å²) in [6, 6.07) is 1.44. The van der Waals surface area contributed by atoms with E-state index in [0.29, 0.717) is 42.9 Å². The number of amides is 1. The lowest BCUT2D eigenvalue weighted by Gasteiger charge is -2.34. The molecule has 2 atom stereocenters. The second-order valence-corrected chi connectivity index (χ2v) is 9.61.